The molecule has 2 aliphatic heterocycles. The van der Waals surface area contributed by atoms with Crippen LogP contribution in [-0.2, 0) is 4.74 Å². The summed E-state index contributed by atoms with van der Waals surface area (Å²) in [6.07, 6.45) is 0.837. The van der Waals surface area contributed by atoms with E-state index < -0.39 is 6.04 Å². The molecule has 0 aliphatic carbocycles. The van der Waals surface area contributed by atoms with E-state index in [9.17, 15) is 9.59 Å². The number of nitrogens with zero attached hydrogens (tertiary/aromatic N) is 2. The first-order valence-electron chi connectivity index (χ1n) is 12.5. The van der Waals surface area contributed by atoms with Crippen molar-refractivity contribution in [3.05, 3.63) is 69.6 Å². The summed E-state index contributed by atoms with van der Waals surface area (Å²) in [5, 5.41) is 0.433. The number of hydrogen-bond donors (Lipinski definition) is 0. The molecular weight excluding hydrogens is 460 g/mol. The van der Waals surface area contributed by atoms with Gasteiger partial charge in [-0.25, -0.2) is 0 Å². The number of fused-ring (bicyclic) bond motifs is 2. The van der Waals surface area contributed by atoms with Gasteiger partial charge in [-0.3, -0.25) is 14.5 Å². The fourth-order valence-electron chi connectivity index (χ4n) is 4.99. The average Bonchev–Trinajstić information content (AvgIpc) is 3.16. The highest BCUT2D eigenvalue weighted by Gasteiger charge is 2.42. The fraction of sp³-hybridized carbons (Fsp3) is 0.429. The highest BCUT2D eigenvalue weighted by molar-refractivity contribution is 5.99. The van der Waals surface area contributed by atoms with Crippen molar-refractivity contribution < 1.29 is 23.4 Å². The lowest BCUT2D eigenvalue weighted by molar-refractivity contribution is 0.0353. The highest BCUT2D eigenvalue weighted by atomic mass is 16.5. The molecule has 0 saturated carbocycles. The number of ether oxygens (including phenoxy) is 3. The molecule has 2 aliphatic rings. The van der Waals surface area contributed by atoms with E-state index in [-0.39, 0.29) is 23.2 Å². The quantitative estimate of drug-likeness (QED) is 0.472. The lowest BCUT2D eigenvalue weighted by Crippen LogP contribution is -2.38. The van der Waals surface area contributed by atoms with Gasteiger partial charge in [-0.2, -0.15) is 0 Å². The van der Waals surface area contributed by atoms with Crippen LogP contribution < -0.4 is 14.9 Å². The van der Waals surface area contributed by atoms with Gasteiger partial charge in [0.1, 0.15) is 17.1 Å². The van der Waals surface area contributed by atoms with Crippen LogP contribution in [0.1, 0.15) is 48.0 Å². The Morgan fingerprint density at radius 3 is 2.42 bits per heavy atom. The maximum absolute atomic E-state index is 13.7. The molecule has 0 bridgehead atoms. The van der Waals surface area contributed by atoms with Crippen LogP contribution in [0.15, 0.2) is 51.7 Å². The Morgan fingerprint density at radius 2 is 1.72 bits per heavy atom. The second-order valence-corrected chi connectivity index (χ2v) is 9.48. The van der Waals surface area contributed by atoms with E-state index in [1.165, 1.54) is 0 Å². The van der Waals surface area contributed by atoms with Crippen molar-refractivity contribution in [1.82, 2.24) is 9.80 Å². The molecule has 190 valence electrons. The Kier molecular flexibility index (Phi) is 6.98. The average molecular weight is 493 g/mol. The van der Waals surface area contributed by atoms with E-state index in [1.807, 2.05) is 38.1 Å². The van der Waals surface area contributed by atoms with E-state index >= 15 is 0 Å². The topological polar surface area (TPSA) is 81.5 Å². The highest BCUT2D eigenvalue weighted by Crippen LogP contribution is 2.39. The van der Waals surface area contributed by atoms with Crippen LogP contribution in [-0.4, -0.2) is 68.3 Å². The van der Waals surface area contributed by atoms with Gasteiger partial charge >= 0.3 is 0 Å². The maximum Gasteiger partial charge on any atom is 0.290 e. The van der Waals surface area contributed by atoms with Gasteiger partial charge < -0.3 is 23.5 Å². The Morgan fingerprint density at radius 1 is 1.00 bits per heavy atom. The van der Waals surface area contributed by atoms with Crippen molar-refractivity contribution in [2.45, 2.75) is 32.4 Å². The van der Waals surface area contributed by atoms with Crippen LogP contribution in [0, 0.1) is 0 Å². The third kappa shape index (κ3) is 4.70. The minimum atomic E-state index is -0.520. The first-order chi connectivity index (χ1) is 17.5. The van der Waals surface area contributed by atoms with Crippen molar-refractivity contribution in [3.63, 3.8) is 0 Å². The number of methoxy groups -OCH3 is 1. The number of benzene rings is 2. The Balaban J connectivity index is 1.52. The van der Waals surface area contributed by atoms with Crippen LogP contribution in [0.5, 0.6) is 11.5 Å². The molecular formula is C28H32N2O6. The molecule has 1 aromatic heterocycles. The van der Waals surface area contributed by atoms with Gasteiger partial charge in [-0.15, -0.1) is 0 Å². The Bertz CT molecular complexity index is 1290. The molecule has 1 unspecified atom stereocenters. The summed E-state index contributed by atoms with van der Waals surface area (Å²) in [7, 11) is 1.55. The summed E-state index contributed by atoms with van der Waals surface area (Å²) in [6, 6.07) is 12.2. The summed E-state index contributed by atoms with van der Waals surface area (Å²) in [5.74, 6) is 1.16. The number of carbonyl (C=O) groups excluding carboxylic acids is 1. The standard InChI is InChI=1S/C28H32N2O6/c1-18(2)35-20-7-5-19(6-8-20)25-24-26(31)22-10-9-21(33-3)17-23(22)36-27(24)28(32)30(25)12-4-11-29-13-15-34-16-14-29/h5-10,17-18,25H,4,11-16H2,1-3H3. The first kappa shape index (κ1) is 24.3. The van der Waals surface area contributed by atoms with E-state index in [0.717, 1.165) is 50.6 Å². The lowest BCUT2D eigenvalue weighted by atomic mass is 9.98. The van der Waals surface area contributed by atoms with Crippen LogP contribution in [0.25, 0.3) is 11.0 Å². The van der Waals surface area contributed by atoms with Crippen LogP contribution in [0.3, 0.4) is 0 Å². The summed E-state index contributed by atoms with van der Waals surface area (Å²) in [4.78, 5) is 31.4. The van der Waals surface area contributed by atoms with Gasteiger partial charge in [0.15, 0.2) is 5.43 Å². The molecule has 0 N–H and O–H groups in total. The normalized spacial score (nSPS) is 18.2. The number of morpholine rings is 1. The molecule has 8 nitrogen and oxygen atoms in total. The van der Waals surface area contributed by atoms with Gasteiger partial charge in [0, 0.05) is 32.2 Å². The molecule has 1 fully saturated rings. The predicted octanol–water partition coefficient (Wildman–Crippen LogP) is 3.86. The predicted molar refractivity (Wildman–Crippen MR) is 136 cm³/mol. The summed E-state index contributed by atoms with van der Waals surface area (Å²) < 4.78 is 22.6. The summed E-state index contributed by atoms with van der Waals surface area (Å²) in [5.41, 5.74) is 1.40. The molecule has 1 amide bonds. The monoisotopic (exact) mass is 492 g/mol. The zero-order chi connectivity index (χ0) is 25.2. The zero-order valence-corrected chi connectivity index (χ0v) is 21.0. The third-order valence-corrected chi connectivity index (χ3v) is 6.72. The Labute approximate surface area is 210 Å². The molecule has 3 heterocycles. The second-order valence-electron chi connectivity index (χ2n) is 9.48. The second kappa shape index (κ2) is 10.3. The van der Waals surface area contributed by atoms with Gasteiger partial charge in [-0.1, -0.05) is 12.1 Å². The van der Waals surface area contributed by atoms with Crippen molar-refractivity contribution in [1.29, 1.82) is 0 Å². The van der Waals surface area contributed by atoms with Crippen LogP contribution >= 0.6 is 0 Å². The van der Waals surface area contributed by atoms with Crippen LogP contribution in [0.4, 0.5) is 0 Å². The molecule has 1 atom stereocenters. The lowest BCUT2D eigenvalue weighted by Gasteiger charge is -2.29. The van der Waals surface area contributed by atoms with Crippen molar-refractivity contribution >= 4 is 16.9 Å². The number of hydrogen-bond acceptors (Lipinski definition) is 7. The largest absolute Gasteiger partial charge is 0.497 e. The zero-order valence-electron chi connectivity index (χ0n) is 21.0. The minimum absolute atomic E-state index is 0.0525. The van der Waals surface area contributed by atoms with Crippen LogP contribution in [0.2, 0.25) is 0 Å². The smallest absolute Gasteiger partial charge is 0.290 e. The van der Waals surface area contributed by atoms with Crippen molar-refractivity contribution in [3.8, 4) is 11.5 Å². The maximum atomic E-state index is 13.7. The van der Waals surface area contributed by atoms with E-state index in [1.54, 1.807) is 30.2 Å². The SMILES string of the molecule is COc1ccc2c(=O)c3c(oc2c1)C(=O)N(CCCN1CCOCC1)C3c1ccc(OC(C)C)cc1. The third-order valence-electron chi connectivity index (χ3n) is 6.72. The Hall–Kier alpha value is -3.36. The van der Waals surface area contributed by atoms with Gasteiger partial charge in [0.05, 0.1) is 43.4 Å². The summed E-state index contributed by atoms with van der Waals surface area (Å²) in [6.45, 7) is 8.56. The molecule has 3 aromatic rings. The van der Waals surface area contributed by atoms with E-state index in [4.69, 9.17) is 18.6 Å². The van der Waals surface area contributed by atoms with Gasteiger partial charge in [0.2, 0.25) is 5.76 Å². The molecule has 0 radical (unpaired) electrons. The molecule has 36 heavy (non-hydrogen) atoms. The molecule has 5 rings (SSSR count). The van der Waals surface area contributed by atoms with E-state index in [0.29, 0.717) is 28.8 Å². The van der Waals surface area contributed by atoms with E-state index in [2.05, 4.69) is 4.90 Å². The number of carbonyl (C=O) groups is 1. The first-order valence-corrected chi connectivity index (χ1v) is 12.5. The number of amides is 1. The van der Waals surface area contributed by atoms with Gasteiger partial charge in [0.25, 0.3) is 5.91 Å². The molecule has 8 heteroatoms. The minimum Gasteiger partial charge on any atom is -0.497 e. The van der Waals surface area contributed by atoms with Gasteiger partial charge in [-0.05, 0) is 50.1 Å². The molecule has 0 spiro atoms. The number of rotatable bonds is 8. The summed E-state index contributed by atoms with van der Waals surface area (Å²) >= 11 is 0. The van der Waals surface area contributed by atoms with Crippen molar-refractivity contribution in [2.24, 2.45) is 0 Å². The van der Waals surface area contributed by atoms with Crippen molar-refractivity contribution in [2.75, 3.05) is 46.5 Å². The molecule has 1 saturated heterocycles. The molecule has 2 aromatic carbocycles. The fourth-order valence-corrected chi connectivity index (χ4v) is 4.99.